The van der Waals surface area contributed by atoms with Gasteiger partial charge in [-0.05, 0) is 31.9 Å². The van der Waals surface area contributed by atoms with Gasteiger partial charge in [0.2, 0.25) is 10.0 Å². The van der Waals surface area contributed by atoms with Crippen molar-refractivity contribution in [1.82, 2.24) is 10.0 Å². The van der Waals surface area contributed by atoms with Crippen LogP contribution in [-0.4, -0.2) is 32.5 Å². The fourth-order valence-corrected chi connectivity index (χ4v) is 3.55. The third-order valence-electron chi connectivity index (χ3n) is 3.35. The first-order valence-electron chi connectivity index (χ1n) is 6.38. The molecule has 110 valence electrons. The van der Waals surface area contributed by atoms with Gasteiger partial charge in [-0.3, -0.25) is 10.1 Å². The van der Waals surface area contributed by atoms with Crippen molar-refractivity contribution in [2.75, 3.05) is 13.1 Å². The molecule has 20 heavy (non-hydrogen) atoms. The summed E-state index contributed by atoms with van der Waals surface area (Å²) in [4.78, 5) is 10.1. The van der Waals surface area contributed by atoms with Crippen LogP contribution in [0.3, 0.4) is 0 Å². The molecule has 1 saturated heterocycles. The van der Waals surface area contributed by atoms with Crippen LogP contribution < -0.4 is 10.0 Å². The van der Waals surface area contributed by atoms with Crippen LogP contribution in [0.15, 0.2) is 23.1 Å². The van der Waals surface area contributed by atoms with Gasteiger partial charge < -0.3 is 5.32 Å². The number of nitro benzene ring substituents is 1. The number of nitrogens with one attached hydrogen (secondary N) is 2. The third kappa shape index (κ3) is 3.33. The summed E-state index contributed by atoms with van der Waals surface area (Å²) in [6.07, 6.45) is 1.96. The van der Waals surface area contributed by atoms with E-state index in [-0.39, 0.29) is 16.6 Å². The zero-order valence-electron chi connectivity index (χ0n) is 11.1. The average molecular weight is 299 g/mol. The number of nitrogens with zero attached hydrogens (tertiary/aromatic N) is 1. The number of aryl methyl sites for hydroxylation is 1. The fraction of sp³-hybridized carbons (Fsp3) is 0.500. The Kier molecular flexibility index (Phi) is 4.36. The topological polar surface area (TPSA) is 101 Å². The Labute approximate surface area is 117 Å². The van der Waals surface area contributed by atoms with E-state index in [1.165, 1.54) is 12.1 Å². The maximum atomic E-state index is 12.2. The minimum atomic E-state index is -3.73. The maximum absolute atomic E-state index is 12.2. The van der Waals surface area contributed by atoms with Crippen LogP contribution in [0.25, 0.3) is 0 Å². The van der Waals surface area contributed by atoms with Crippen molar-refractivity contribution in [1.29, 1.82) is 0 Å². The van der Waals surface area contributed by atoms with Crippen LogP contribution in [0, 0.1) is 17.0 Å². The van der Waals surface area contributed by atoms with E-state index in [0.717, 1.165) is 25.5 Å². The summed E-state index contributed by atoms with van der Waals surface area (Å²) < 4.78 is 27.0. The lowest BCUT2D eigenvalue weighted by atomic mass is 10.2. The van der Waals surface area contributed by atoms with Gasteiger partial charge in [0.25, 0.3) is 5.69 Å². The SMILES string of the molecule is Cc1ccc([N+](=O)[O-])cc1S(=O)(=O)NCC1CCCN1. The lowest BCUT2D eigenvalue weighted by molar-refractivity contribution is -0.385. The van der Waals surface area contributed by atoms with Crippen LogP contribution in [0.1, 0.15) is 18.4 Å². The Morgan fingerprint density at radius 1 is 1.50 bits per heavy atom. The number of sulfonamides is 1. The molecule has 1 aromatic carbocycles. The molecule has 0 aliphatic carbocycles. The van der Waals surface area contributed by atoms with Crippen molar-refractivity contribution < 1.29 is 13.3 Å². The molecule has 0 radical (unpaired) electrons. The van der Waals surface area contributed by atoms with Crippen LogP contribution in [0.4, 0.5) is 5.69 Å². The second-order valence-electron chi connectivity index (χ2n) is 4.85. The summed E-state index contributed by atoms with van der Waals surface area (Å²) in [5.74, 6) is 0. The molecular weight excluding hydrogens is 282 g/mol. The molecule has 2 rings (SSSR count). The minimum absolute atomic E-state index is 0.0373. The minimum Gasteiger partial charge on any atom is -0.313 e. The van der Waals surface area contributed by atoms with Gasteiger partial charge >= 0.3 is 0 Å². The van der Waals surface area contributed by atoms with Gasteiger partial charge in [0, 0.05) is 24.7 Å². The van der Waals surface area contributed by atoms with Crippen molar-refractivity contribution >= 4 is 15.7 Å². The predicted molar refractivity (Wildman–Crippen MR) is 74.0 cm³/mol. The average Bonchev–Trinajstić information content (AvgIpc) is 2.89. The normalized spacial score (nSPS) is 19.1. The Hall–Kier alpha value is -1.51. The first kappa shape index (κ1) is 14.9. The number of nitro groups is 1. The molecule has 1 fully saturated rings. The third-order valence-corrected chi connectivity index (χ3v) is 4.92. The van der Waals surface area contributed by atoms with Crippen molar-refractivity contribution in [3.05, 3.63) is 33.9 Å². The van der Waals surface area contributed by atoms with Crippen LogP contribution >= 0.6 is 0 Å². The standard InChI is InChI=1S/C12H17N3O4S/c1-9-4-5-11(15(16)17)7-12(9)20(18,19)14-8-10-3-2-6-13-10/h4-5,7,10,13-14H,2-3,6,8H2,1H3. The molecule has 1 unspecified atom stereocenters. The fourth-order valence-electron chi connectivity index (χ4n) is 2.21. The zero-order valence-corrected chi connectivity index (χ0v) is 11.9. The summed E-state index contributed by atoms with van der Waals surface area (Å²) in [6.45, 7) is 2.80. The van der Waals surface area contributed by atoms with Gasteiger partial charge in [0.05, 0.1) is 9.82 Å². The molecule has 0 saturated carbocycles. The molecule has 0 amide bonds. The van der Waals surface area contributed by atoms with Crippen LogP contribution in [0.5, 0.6) is 0 Å². The largest absolute Gasteiger partial charge is 0.313 e. The Balaban J connectivity index is 2.19. The lowest BCUT2D eigenvalue weighted by Gasteiger charge is -2.13. The van der Waals surface area contributed by atoms with E-state index in [2.05, 4.69) is 10.0 Å². The summed E-state index contributed by atoms with van der Waals surface area (Å²) in [7, 11) is -3.73. The molecule has 7 nitrogen and oxygen atoms in total. The van der Waals surface area contributed by atoms with Gasteiger partial charge in [0.1, 0.15) is 0 Å². The van der Waals surface area contributed by atoms with E-state index in [1.54, 1.807) is 6.92 Å². The van der Waals surface area contributed by atoms with Crippen molar-refractivity contribution in [2.45, 2.75) is 30.7 Å². The monoisotopic (exact) mass is 299 g/mol. The molecular formula is C12H17N3O4S. The van der Waals surface area contributed by atoms with E-state index in [4.69, 9.17) is 0 Å². The number of benzene rings is 1. The summed E-state index contributed by atoms with van der Waals surface area (Å²) in [5, 5.41) is 13.9. The first-order chi connectivity index (χ1) is 9.40. The summed E-state index contributed by atoms with van der Waals surface area (Å²) in [6, 6.07) is 3.97. The van der Waals surface area contributed by atoms with E-state index in [0.29, 0.717) is 12.1 Å². The second kappa shape index (κ2) is 5.86. The molecule has 0 spiro atoms. The van der Waals surface area contributed by atoms with Gasteiger partial charge in [-0.1, -0.05) is 6.07 Å². The summed E-state index contributed by atoms with van der Waals surface area (Å²) >= 11 is 0. The molecule has 1 aliphatic rings. The van der Waals surface area contributed by atoms with Crippen molar-refractivity contribution in [3.63, 3.8) is 0 Å². The Morgan fingerprint density at radius 3 is 2.85 bits per heavy atom. The number of non-ortho nitro benzene ring substituents is 1. The van der Waals surface area contributed by atoms with Crippen LogP contribution in [-0.2, 0) is 10.0 Å². The van der Waals surface area contributed by atoms with Crippen molar-refractivity contribution in [3.8, 4) is 0 Å². The second-order valence-corrected chi connectivity index (χ2v) is 6.59. The van der Waals surface area contributed by atoms with Gasteiger partial charge in [0.15, 0.2) is 0 Å². The van der Waals surface area contributed by atoms with E-state index in [9.17, 15) is 18.5 Å². The smallest absolute Gasteiger partial charge is 0.270 e. The highest BCUT2D eigenvalue weighted by Gasteiger charge is 2.22. The molecule has 1 aromatic rings. The first-order valence-corrected chi connectivity index (χ1v) is 7.86. The molecule has 1 atom stereocenters. The Morgan fingerprint density at radius 2 is 2.25 bits per heavy atom. The predicted octanol–water partition coefficient (Wildman–Crippen LogP) is 0.934. The van der Waals surface area contributed by atoms with E-state index < -0.39 is 14.9 Å². The van der Waals surface area contributed by atoms with Crippen molar-refractivity contribution in [2.24, 2.45) is 0 Å². The zero-order chi connectivity index (χ0) is 14.8. The molecule has 8 heteroatoms. The molecule has 0 aromatic heterocycles. The highest BCUT2D eigenvalue weighted by Crippen LogP contribution is 2.21. The molecule has 2 N–H and O–H groups in total. The Bertz CT molecular complexity index is 609. The summed E-state index contributed by atoms with van der Waals surface area (Å²) in [5.41, 5.74) is 0.262. The number of hydrogen-bond acceptors (Lipinski definition) is 5. The van der Waals surface area contributed by atoms with Gasteiger partial charge in [-0.2, -0.15) is 0 Å². The van der Waals surface area contributed by atoms with Gasteiger partial charge in [-0.25, -0.2) is 13.1 Å². The maximum Gasteiger partial charge on any atom is 0.270 e. The lowest BCUT2D eigenvalue weighted by Crippen LogP contribution is -2.37. The highest BCUT2D eigenvalue weighted by molar-refractivity contribution is 7.89. The van der Waals surface area contributed by atoms with E-state index >= 15 is 0 Å². The highest BCUT2D eigenvalue weighted by atomic mass is 32.2. The quantitative estimate of drug-likeness (QED) is 0.622. The number of rotatable bonds is 5. The van der Waals surface area contributed by atoms with Gasteiger partial charge in [-0.15, -0.1) is 0 Å². The molecule has 0 bridgehead atoms. The number of hydrogen-bond donors (Lipinski definition) is 2. The molecule has 1 heterocycles. The molecule has 1 aliphatic heterocycles. The van der Waals surface area contributed by atoms with Crippen LogP contribution in [0.2, 0.25) is 0 Å². The van der Waals surface area contributed by atoms with E-state index in [1.807, 2.05) is 0 Å².